The first kappa shape index (κ1) is 22.4. The Morgan fingerprint density at radius 2 is 1.84 bits per heavy atom. The van der Waals surface area contributed by atoms with Crippen LogP contribution in [-0.4, -0.2) is 47.5 Å². The number of carbonyl (C=O) groups is 2. The second-order valence-corrected chi connectivity index (χ2v) is 7.90. The molecule has 170 valence electrons. The number of piperazine rings is 1. The average Bonchev–Trinajstić information content (AvgIpc) is 2.65. The van der Waals surface area contributed by atoms with Crippen molar-refractivity contribution in [2.75, 3.05) is 24.7 Å². The zero-order valence-electron chi connectivity index (χ0n) is 16.2. The number of anilines is 1. The Kier molecular flexibility index (Phi) is 5.80. The van der Waals surface area contributed by atoms with E-state index in [4.69, 9.17) is 16.3 Å². The number of aromatic nitrogens is 1. The summed E-state index contributed by atoms with van der Waals surface area (Å²) in [6.45, 7) is -0.527. The monoisotopic (exact) mass is 475 g/mol. The van der Waals surface area contributed by atoms with Crippen molar-refractivity contribution in [1.29, 1.82) is 0 Å². The highest BCUT2D eigenvalue weighted by Crippen LogP contribution is 2.33. The molecule has 2 aliphatic rings. The zero-order valence-corrected chi connectivity index (χ0v) is 17.0. The van der Waals surface area contributed by atoms with Gasteiger partial charge in [0.1, 0.15) is 18.4 Å². The van der Waals surface area contributed by atoms with Gasteiger partial charge >= 0.3 is 6.18 Å². The Labute approximate surface area is 183 Å². The van der Waals surface area contributed by atoms with Gasteiger partial charge in [-0.15, -0.1) is 0 Å². The van der Waals surface area contributed by atoms with Crippen LogP contribution in [0.3, 0.4) is 0 Å². The van der Waals surface area contributed by atoms with Gasteiger partial charge in [0.2, 0.25) is 5.91 Å². The Morgan fingerprint density at radius 3 is 2.41 bits per heavy atom. The van der Waals surface area contributed by atoms with Crippen LogP contribution in [0.25, 0.3) is 0 Å². The molecule has 1 aromatic carbocycles. The van der Waals surface area contributed by atoms with Gasteiger partial charge in [-0.25, -0.2) is 13.8 Å². The molecule has 0 radical (unpaired) electrons. The molecule has 32 heavy (non-hydrogen) atoms. The SMILES string of the molecule is O=C1[C@@H](C2COC2)N(Cc2ccc(C(F)(F)F)c(F)c2)C(=O)CN1c1ncc(Cl)cc1F. The van der Waals surface area contributed by atoms with Crippen LogP contribution in [0.15, 0.2) is 30.5 Å². The molecule has 0 unspecified atom stereocenters. The Morgan fingerprint density at radius 1 is 1.12 bits per heavy atom. The summed E-state index contributed by atoms with van der Waals surface area (Å²) in [4.78, 5) is 32.0. The van der Waals surface area contributed by atoms with Gasteiger partial charge in [-0.3, -0.25) is 14.5 Å². The number of ether oxygens (including phenoxy) is 1. The van der Waals surface area contributed by atoms with Crippen LogP contribution in [0.2, 0.25) is 5.02 Å². The molecule has 2 fully saturated rings. The molecule has 0 saturated carbocycles. The van der Waals surface area contributed by atoms with Crippen LogP contribution in [0.1, 0.15) is 11.1 Å². The number of pyridine rings is 1. The molecule has 0 bridgehead atoms. The van der Waals surface area contributed by atoms with Crippen molar-refractivity contribution < 1.29 is 36.3 Å². The number of hydrogen-bond donors (Lipinski definition) is 0. The van der Waals surface area contributed by atoms with E-state index in [-0.39, 0.29) is 36.2 Å². The molecule has 6 nitrogen and oxygen atoms in total. The lowest BCUT2D eigenvalue weighted by Gasteiger charge is -2.45. The molecule has 2 aliphatic heterocycles. The number of nitrogens with zero attached hydrogens (tertiary/aromatic N) is 3. The Hall–Kier alpha value is -2.79. The first-order valence-electron chi connectivity index (χ1n) is 9.41. The summed E-state index contributed by atoms with van der Waals surface area (Å²) >= 11 is 5.70. The van der Waals surface area contributed by atoms with Crippen molar-refractivity contribution in [2.45, 2.75) is 18.8 Å². The van der Waals surface area contributed by atoms with Gasteiger partial charge in [0.15, 0.2) is 11.6 Å². The number of benzene rings is 1. The largest absolute Gasteiger partial charge is 0.419 e. The molecule has 0 N–H and O–H groups in total. The van der Waals surface area contributed by atoms with Gasteiger partial charge < -0.3 is 9.64 Å². The molecule has 4 rings (SSSR count). The lowest BCUT2D eigenvalue weighted by Crippen LogP contribution is -2.65. The Balaban J connectivity index is 1.64. The van der Waals surface area contributed by atoms with E-state index in [1.807, 2.05) is 0 Å². The molecule has 3 heterocycles. The van der Waals surface area contributed by atoms with Crippen LogP contribution in [0.4, 0.5) is 27.8 Å². The zero-order chi connectivity index (χ0) is 23.2. The molecule has 12 heteroatoms. The minimum atomic E-state index is -4.86. The fourth-order valence-electron chi connectivity index (χ4n) is 3.70. The molecular formula is C20H15ClF5N3O3. The summed E-state index contributed by atoms with van der Waals surface area (Å²) in [5.41, 5.74) is -1.35. The first-order chi connectivity index (χ1) is 15.1. The maximum Gasteiger partial charge on any atom is 0.419 e. The van der Waals surface area contributed by atoms with Crippen LogP contribution in [0.5, 0.6) is 0 Å². The van der Waals surface area contributed by atoms with Crippen LogP contribution < -0.4 is 4.90 Å². The summed E-state index contributed by atoms with van der Waals surface area (Å²) in [5.74, 6) is -4.37. The average molecular weight is 476 g/mol. The number of rotatable bonds is 4. The predicted molar refractivity (Wildman–Crippen MR) is 102 cm³/mol. The van der Waals surface area contributed by atoms with Gasteiger partial charge in [-0.05, 0) is 23.8 Å². The van der Waals surface area contributed by atoms with Gasteiger partial charge in [0.25, 0.3) is 5.91 Å². The summed E-state index contributed by atoms with van der Waals surface area (Å²) < 4.78 is 71.9. The summed E-state index contributed by atoms with van der Waals surface area (Å²) in [6.07, 6.45) is -3.72. The van der Waals surface area contributed by atoms with Crippen molar-refractivity contribution in [3.8, 4) is 0 Å². The molecule has 2 aromatic rings. The number of hydrogen-bond acceptors (Lipinski definition) is 4. The van der Waals surface area contributed by atoms with Crippen molar-refractivity contribution >= 4 is 29.2 Å². The van der Waals surface area contributed by atoms with Gasteiger partial charge in [-0.2, -0.15) is 13.2 Å². The molecule has 2 amide bonds. The number of alkyl halides is 3. The maximum atomic E-state index is 14.4. The van der Waals surface area contributed by atoms with Gasteiger partial charge in [0.05, 0.1) is 23.8 Å². The van der Waals surface area contributed by atoms with E-state index in [1.165, 1.54) is 0 Å². The summed E-state index contributed by atoms with van der Waals surface area (Å²) in [7, 11) is 0. The van der Waals surface area contributed by atoms with E-state index >= 15 is 0 Å². The second kappa shape index (κ2) is 8.28. The smallest absolute Gasteiger partial charge is 0.380 e. The van der Waals surface area contributed by atoms with E-state index < -0.39 is 53.7 Å². The first-order valence-corrected chi connectivity index (χ1v) is 9.79. The highest BCUT2D eigenvalue weighted by molar-refractivity contribution is 6.30. The maximum absolute atomic E-state index is 14.4. The normalized spacial score (nSPS) is 20.0. The third-order valence-corrected chi connectivity index (χ3v) is 5.52. The summed E-state index contributed by atoms with van der Waals surface area (Å²) in [6, 6.07) is 2.20. The molecule has 1 atom stereocenters. The van der Waals surface area contributed by atoms with Gasteiger partial charge in [0, 0.05) is 18.7 Å². The van der Waals surface area contributed by atoms with E-state index in [1.54, 1.807) is 0 Å². The minimum absolute atomic E-state index is 0.0111. The third-order valence-electron chi connectivity index (χ3n) is 5.31. The quantitative estimate of drug-likeness (QED) is 0.636. The molecule has 0 spiro atoms. The van der Waals surface area contributed by atoms with Gasteiger partial charge in [-0.1, -0.05) is 17.7 Å². The predicted octanol–water partition coefficient (Wildman–Crippen LogP) is 3.42. The molecule has 0 aliphatic carbocycles. The fraction of sp³-hybridized carbons (Fsp3) is 0.350. The van der Waals surface area contributed by atoms with E-state index in [9.17, 15) is 31.5 Å². The lowest BCUT2D eigenvalue weighted by atomic mass is 9.92. The van der Waals surface area contributed by atoms with Crippen molar-refractivity contribution in [3.63, 3.8) is 0 Å². The Bertz CT molecular complexity index is 1080. The standard InChI is InChI=1S/C20H15ClF5N3O3/c21-12-4-15(23)18(27-5-12)29-7-16(30)28(17(19(29)31)11-8-32-9-11)6-10-1-2-13(14(22)3-10)20(24,25)26/h1-5,11,17H,6-9H2/t17-/m1/s1. The van der Waals surface area contributed by atoms with Crippen LogP contribution >= 0.6 is 11.6 Å². The molecule has 2 saturated heterocycles. The van der Waals surface area contributed by atoms with E-state index in [0.717, 1.165) is 28.1 Å². The van der Waals surface area contributed by atoms with Crippen LogP contribution in [0, 0.1) is 17.6 Å². The molecule has 1 aromatic heterocycles. The summed E-state index contributed by atoms with van der Waals surface area (Å²) in [5, 5.41) is 0.0111. The van der Waals surface area contributed by atoms with Crippen molar-refractivity contribution in [1.82, 2.24) is 9.88 Å². The van der Waals surface area contributed by atoms with Crippen molar-refractivity contribution in [3.05, 3.63) is 58.2 Å². The number of amides is 2. The third kappa shape index (κ3) is 4.14. The number of carbonyl (C=O) groups excluding carboxylic acids is 2. The minimum Gasteiger partial charge on any atom is -0.380 e. The fourth-order valence-corrected chi connectivity index (χ4v) is 3.84. The van der Waals surface area contributed by atoms with E-state index in [0.29, 0.717) is 12.1 Å². The second-order valence-electron chi connectivity index (χ2n) is 7.46. The van der Waals surface area contributed by atoms with Crippen LogP contribution in [-0.2, 0) is 27.0 Å². The number of halogens is 6. The van der Waals surface area contributed by atoms with Crippen molar-refractivity contribution in [2.24, 2.45) is 5.92 Å². The molecular weight excluding hydrogens is 461 g/mol. The highest BCUT2D eigenvalue weighted by Gasteiger charge is 2.47. The highest BCUT2D eigenvalue weighted by atomic mass is 35.5. The van der Waals surface area contributed by atoms with E-state index in [2.05, 4.69) is 4.98 Å². The topological polar surface area (TPSA) is 62.7 Å². The lowest BCUT2D eigenvalue weighted by molar-refractivity contribution is -0.155.